The quantitative estimate of drug-likeness (QED) is 0.623. The number of ether oxygens (including phenoxy) is 1. The molecule has 1 saturated heterocycles. The molecule has 0 aliphatic carbocycles. The molecule has 3 N–H and O–H groups in total. The van der Waals surface area contributed by atoms with E-state index in [2.05, 4.69) is 5.32 Å². The molecule has 1 aromatic rings. The SMILES string of the molecule is Nc1ccc(C(=O)OC2CCCCNC2=O)c(F)c1. The Morgan fingerprint density at radius 1 is 1.42 bits per heavy atom. The van der Waals surface area contributed by atoms with Crippen LogP contribution in [0.2, 0.25) is 0 Å². The summed E-state index contributed by atoms with van der Waals surface area (Å²) in [4.78, 5) is 23.4. The second-order valence-corrected chi connectivity index (χ2v) is 4.42. The fraction of sp³-hybridized carbons (Fsp3) is 0.385. The first-order valence-corrected chi connectivity index (χ1v) is 6.11. The molecule has 0 aromatic heterocycles. The molecule has 6 heteroatoms. The summed E-state index contributed by atoms with van der Waals surface area (Å²) in [7, 11) is 0. The Morgan fingerprint density at radius 2 is 2.21 bits per heavy atom. The van der Waals surface area contributed by atoms with Gasteiger partial charge in [-0.2, -0.15) is 0 Å². The third-order valence-electron chi connectivity index (χ3n) is 2.95. The number of hydrogen-bond donors (Lipinski definition) is 2. The molecular weight excluding hydrogens is 251 g/mol. The zero-order valence-electron chi connectivity index (χ0n) is 10.3. The second kappa shape index (κ2) is 5.69. The number of halogens is 1. The van der Waals surface area contributed by atoms with Gasteiger partial charge in [-0.1, -0.05) is 0 Å². The molecule has 1 amide bonds. The lowest BCUT2D eigenvalue weighted by Gasteiger charge is -2.14. The summed E-state index contributed by atoms with van der Waals surface area (Å²) in [6.45, 7) is 0.573. The Morgan fingerprint density at radius 3 is 2.95 bits per heavy atom. The summed E-state index contributed by atoms with van der Waals surface area (Å²) in [6, 6.07) is 3.71. The second-order valence-electron chi connectivity index (χ2n) is 4.42. The van der Waals surface area contributed by atoms with Crippen molar-refractivity contribution in [2.45, 2.75) is 25.4 Å². The lowest BCUT2D eigenvalue weighted by atomic mass is 10.1. The molecule has 5 nitrogen and oxygen atoms in total. The highest BCUT2D eigenvalue weighted by atomic mass is 19.1. The third kappa shape index (κ3) is 3.21. The molecule has 102 valence electrons. The number of esters is 1. The molecule has 1 unspecified atom stereocenters. The van der Waals surface area contributed by atoms with Crippen molar-refractivity contribution in [2.24, 2.45) is 0 Å². The Hall–Kier alpha value is -2.11. The first kappa shape index (κ1) is 13.3. The monoisotopic (exact) mass is 266 g/mol. The van der Waals surface area contributed by atoms with Crippen molar-refractivity contribution < 1.29 is 18.7 Å². The van der Waals surface area contributed by atoms with E-state index >= 15 is 0 Å². The maximum Gasteiger partial charge on any atom is 0.341 e. The van der Waals surface area contributed by atoms with Crippen molar-refractivity contribution in [1.29, 1.82) is 0 Å². The minimum atomic E-state index is -0.855. The number of nitrogens with one attached hydrogen (secondary N) is 1. The zero-order valence-corrected chi connectivity index (χ0v) is 10.3. The summed E-state index contributed by atoms with van der Waals surface area (Å²) < 4.78 is 18.6. The number of carbonyl (C=O) groups excluding carboxylic acids is 2. The number of carbonyl (C=O) groups is 2. The van der Waals surface area contributed by atoms with Gasteiger partial charge in [0.05, 0.1) is 5.56 Å². The highest BCUT2D eigenvalue weighted by Crippen LogP contribution is 2.16. The van der Waals surface area contributed by atoms with E-state index < -0.39 is 17.9 Å². The molecule has 1 aliphatic rings. The van der Waals surface area contributed by atoms with Crippen LogP contribution in [0.1, 0.15) is 29.6 Å². The number of nitrogens with two attached hydrogens (primary N) is 1. The summed E-state index contributed by atoms with van der Waals surface area (Å²) >= 11 is 0. The molecule has 1 atom stereocenters. The maximum atomic E-state index is 13.6. The minimum Gasteiger partial charge on any atom is -0.449 e. The van der Waals surface area contributed by atoms with Crippen LogP contribution in [-0.2, 0) is 9.53 Å². The minimum absolute atomic E-state index is 0.216. The molecule has 1 heterocycles. The summed E-state index contributed by atoms with van der Waals surface area (Å²) in [5.41, 5.74) is 5.41. The van der Waals surface area contributed by atoms with Crippen molar-refractivity contribution in [3.05, 3.63) is 29.6 Å². The fourth-order valence-electron chi connectivity index (χ4n) is 1.91. The smallest absolute Gasteiger partial charge is 0.341 e. The maximum absolute atomic E-state index is 13.6. The predicted molar refractivity (Wildman–Crippen MR) is 66.9 cm³/mol. The number of anilines is 1. The Labute approximate surface area is 109 Å². The highest BCUT2D eigenvalue weighted by Gasteiger charge is 2.26. The van der Waals surface area contributed by atoms with E-state index in [4.69, 9.17) is 10.5 Å². The molecule has 0 radical (unpaired) electrons. The van der Waals surface area contributed by atoms with E-state index in [1.807, 2.05) is 0 Å². The number of rotatable bonds is 2. The van der Waals surface area contributed by atoms with Gasteiger partial charge in [0.25, 0.3) is 5.91 Å². The molecule has 1 aliphatic heterocycles. The van der Waals surface area contributed by atoms with Gasteiger partial charge < -0.3 is 15.8 Å². The number of hydrogen-bond acceptors (Lipinski definition) is 4. The average molecular weight is 266 g/mol. The molecule has 1 aromatic carbocycles. The van der Waals surface area contributed by atoms with E-state index in [0.717, 1.165) is 18.9 Å². The number of benzene rings is 1. The van der Waals surface area contributed by atoms with Gasteiger partial charge in [0.1, 0.15) is 5.82 Å². The molecule has 0 spiro atoms. The fourth-order valence-corrected chi connectivity index (χ4v) is 1.91. The first-order chi connectivity index (χ1) is 9.08. The van der Waals surface area contributed by atoms with Gasteiger partial charge >= 0.3 is 5.97 Å². The van der Waals surface area contributed by atoms with Crippen LogP contribution in [0.5, 0.6) is 0 Å². The number of amides is 1. The summed E-state index contributed by atoms with van der Waals surface area (Å²) in [5.74, 6) is -1.93. The lowest BCUT2D eigenvalue weighted by Crippen LogP contribution is -2.36. The van der Waals surface area contributed by atoms with E-state index in [0.29, 0.717) is 13.0 Å². The van der Waals surface area contributed by atoms with Crippen molar-refractivity contribution in [2.75, 3.05) is 12.3 Å². The molecule has 2 rings (SSSR count). The first-order valence-electron chi connectivity index (χ1n) is 6.11. The third-order valence-corrected chi connectivity index (χ3v) is 2.95. The Balaban J connectivity index is 2.09. The molecule has 19 heavy (non-hydrogen) atoms. The van der Waals surface area contributed by atoms with Gasteiger partial charge in [-0.15, -0.1) is 0 Å². The predicted octanol–water partition coefficient (Wildman–Crippen LogP) is 1.23. The standard InChI is InChI=1S/C13H15FN2O3/c14-10-7-8(15)4-5-9(10)13(18)19-11-3-1-2-6-16-12(11)17/h4-5,7,11H,1-3,6,15H2,(H,16,17). The topological polar surface area (TPSA) is 81.4 Å². The van der Waals surface area contributed by atoms with Crippen LogP contribution < -0.4 is 11.1 Å². The van der Waals surface area contributed by atoms with Crippen LogP contribution in [0.15, 0.2) is 18.2 Å². The van der Waals surface area contributed by atoms with Crippen LogP contribution >= 0.6 is 0 Å². The zero-order chi connectivity index (χ0) is 13.8. The average Bonchev–Trinajstić information content (AvgIpc) is 2.55. The summed E-state index contributed by atoms with van der Waals surface area (Å²) in [6.07, 6.45) is 1.22. The van der Waals surface area contributed by atoms with Gasteiger partial charge in [-0.05, 0) is 37.5 Å². The van der Waals surface area contributed by atoms with Gasteiger partial charge in [0.15, 0.2) is 6.10 Å². The van der Waals surface area contributed by atoms with Crippen LogP contribution in [0, 0.1) is 5.82 Å². The van der Waals surface area contributed by atoms with Crippen molar-refractivity contribution in [3.8, 4) is 0 Å². The van der Waals surface area contributed by atoms with Gasteiger partial charge in [-0.25, -0.2) is 9.18 Å². The van der Waals surface area contributed by atoms with Gasteiger partial charge in [0, 0.05) is 12.2 Å². The number of nitrogen functional groups attached to an aromatic ring is 1. The van der Waals surface area contributed by atoms with Gasteiger partial charge in [0.2, 0.25) is 0 Å². The van der Waals surface area contributed by atoms with Crippen LogP contribution in [0.25, 0.3) is 0 Å². The van der Waals surface area contributed by atoms with E-state index in [1.54, 1.807) is 0 Å². The van der Waals surface area contributed by atoms with Crippen LogP contribution in [-0.4, -0.2) is 24.5 Å². The van der Waals surface area contributed by atoms with Crippen molar-refractivity contribution >= 4 is 17.6 Å². The van der Waals surface area contributed by atoms with E-state index in [9.17, 15) is 14.0 Å². The molecule has 1 fully saturated rings. The largest absolute Gasteiger partial charge is 0.449 e. The highest BCUT2D eigenvalue weighted by molar-refractivity contribution is 5.92. The summed E-state index contributed by atoms with van der Waals surface area (Å²) in [5, 5.41) is 2.65. The van der Waals surface area contributed by atoms with Crippen molar-refractivity contribution in [1.82, 2.24) is 5.32 Å². The molecule has 0 saturated carbocycles. The van der Waals surface area contributed by atoms with Crippen LogP contribution in [0.4, 0.5) is 10.1 Å². The molecular formula is C13H15FN2O3. The van der Waals surface area contributed by atoms with E-state index in [1.165, 1.54) is 12.1 Å². The molecule has 0 bridgehead atoms. The van der Waals surface area contributed by atoms with Gasteiger partial charge in [-0.3, -0.25) is 4.79 Å². The van der Waals surface area contributed by atoms with Crippen LogP contribution in [0.3, 0.4) is 0 Å². The lowest BCUT2D eigenvalue weighted by molar-refractivity contribution is -0.129. The Bertz CT molecular complexity index is 505. The Kier molecular flexibility index (Phi) is 3.99. The normalized spacial score (nSPS) is 19.4. The van der Waals surface area contributed by atoms with Crippen molar-refractivity contribution in [3.63, 3.8) is 0 Å². The van der Waals surface area contributed by atoms with E-state index in [-0.39, 0.29) is 17.2 Å².